The van der Waals surface area contributed by atoms with Crippen LogP contribution in [0, 0.1) is 6.92 Å². The van der Waals surface area contributed by atoms with Crippen LogP contribution in [-0.2, 0) is 15.5 Å². The van der Waals surface area contributed by atoms with E-state index in [9.17, 15) is 18.3 Å². The van der Waals surface area contributed by atoms with Crippen LogP contribution in [0.1, 0.15) is 40.9 Å². The number of aliphatic hydroxyl groups excluding tert-OH is 1. The van der Waals surface area contributed by atoms with Gasteiger partial charge in [0.25, 0.3) is 10.1 Å². The van der Waals surface area contributed by atoms with Gasteiger partial charge >= 0.3 is 0 Å². The maximum absolute atomic E-state index is 12.4. The molecule has 0 heterocycles. The van der Waals surface area contributed by atoms with E-state index in [1.165, 1.54) is 12.1 Å². The Morgan fingerprint density at radius 3 is 1.97 bits per heavy atom. The van der Waals surface area contributed by atoms with Crippen molar-refractivity contribution in [2.24, 2.45) is 0 Å². The lowest BCUT2D eigenvalue weighted by molar-refractivity contribution is 0.103. The molecular formula is C24H26O5S. The van der Waals surface area contributed by atoms with Gasteiger partial charge in [0.1, 0.15) is 0 Å². The van der Waals surface area contributed by atoms with Gasteiger partial charge in [-0.1, -0.05) is 80.1 Å². The smallest absolute Gasteiger partial charge is 0.294 e. The van der Waals surface area contributed by atoms with Crippen molar-refractivity contribution in [2.75, 3.05) is 6.61 Å². The van der Waals surface area contributed by atoms with Gasteiger partial charge in [0.05, 0.1) is 11.5 Å². The molecule has 0 saturated carbocycles. The largest absolute Gasteiger partial charge is 0.395 e. The fourth-order valence-corrected chi connectivity index (χ4v) is 3.12. The van der Waals surface area contributed by atoms with Crippen LogP contribution in [0.15, 0.2) is 83.8 Å². The average Bonchev–Trinajstić information content (AvgIpc) is 2.74. The quantitative estimate of drug-likeness (QED) is 0.465. The summed E-state index contributed by atoms with van der Waals surface area (Å²) in [7, 11) is -4.02. The lowest BCUT2D eigenvalue weighted by Crippen LogP contribution is -2.22. The molecule has 0 bridgehead atoms. The highest BCUT2D eigenvalue weighted by atomic mass is 32.2. The van der Waals surface area contributed by atoms with Crippen LogP contribution in [-0.4, -0.2) is 30.5 Å². The fraction of sp³-hybridized carbons (Fsp3) is 0.208. The number of ketones is 1. The van der Waals surface area contributed by atoms with Crippen molar-refractivity contribution in [1.82, 2.24) is 0 Å². The third kappa shape index (κ3) is 6.35. The molecular weight excluding hydrogens is 400 g/mol. The van der Waals surface area contributed by atoms with Crippen LogP contribution >= 0.6 is 0 Å². The predicted octanol–water partition coefficient (Wildman–Crippen LogP) is 4.43. The minimum atomic E-state index is -4.02. The number of carbonyl (C=O) groups is 1. The van der Waals surface area contributed by atoms with Crippen LogP contribution in [0.5, 0.6) is 0 Å². The average molecular weight is 427 g/mol. The van der Waals surface area contributed by atoms with Gasteiger partial charge in [0, 0.05) is 16.5 Å². The van der Waals surface area contributed by atoms with Crippen molar-refractivity contribution in [3.63, 3.8) is 0 Å². The maximum atomic E-state index is 12.4. The first-order chi connectivity index (χ1) is 14.0. The van der Waals surface area contributed by atoms with E-state index in [1.807, 2.05) is 75.4 Å². The normalized spacial score (nSPS) is 11.4. The minimum Gasteiger partial charge on any atom is -0.395 e. The van der Waals surface area contributed by atoms with Gasteiger partial charge in [0.2, 0.25) is 0 Å². The van der Waals surface area contributed by atoms with Crippen LogP contribution in [0.3, 0.4) is 0 Å². The van der Waals surface area contributed by atoms with E-state index in [0.29, 0.717) is 11.1 Å². The zero-order valence-corrected chi connectivity index (χ0v) is 18.1. The van der Waals surface area contributed by atoms with Crippen LogP contribution in [0.2, 0.25) is 0 Å². The van der Waals surface area contributed by atoms with Crippen LogP contribution in [0.25, 0.3) is 0 Å². The standard InChI is InChI=1S/C17H18O2.C7H8O3S/c1-17(2,12-18)15-10-6-9-14(11-15)16(19)13-7-4-3-5-8-13;1-6-2-4-7(5-3-6)11(8,9)10/h3-11,18H,12H2,1-2H3;2-5H,1H3,(H,8,9,10). The molecule has 6 heteroatoms. The first-order valence-electron chi connectivity index (χ1n) is 9.40. The van der Waals surface area contributed by atoms with Crippen molar-refractivity contribution in [3.05, 3.63) is 101 Å². The number of benzene rings is 3. The molecule has 0 spiro atoms. The second kappa shape index (κ2) is 9.80. The van der Waals surface area contributed by atoms with E-state index in [-0.39, 0.29) is 22.7 Å². The second-order valence-corrected chi connectivity index (χ2v) is 9.03. The summed E-state index contributed by atoms with van der Waals surface area (Å²) in [5.41, 5.74) is 2.92. The Labute approximate surface area is 177 Å². The Balaban J connectivity index is 0.000000248. The third-order valence-electron chi connectivity index (χ3n) is 4.66. The number of carbonyl (C=O) groups excluding carboxylic acids is 1. The molecule has 3 aromatic carbocycles. The molecule has 0 aliphatic rings. The SMILES string of the molecule is CC(C)(CO)c1cccc(C(=O)c2ccccc2)c1.Cc1ccc(S(=O)(=O)O)cc1. The van der Waals surface area contributed by atoms with Gasteiger partial charge in [0.15, 0.2) is 5.78 Å². The highest BCUT2D eigenvalue weighted by molar-refractivity contribution is 7.85. The summed E-state index contributed by atoms with van der Waals surface area (Å²) in [4.78, 5) is 12.3. The maximum Gasteiger partial charge on any atom is 0.294 e. The number of hydrogen-bond acceptors (Lipinski definition) is 4. The molecule has 5 nitrogen and oxygen atoms in total. The van der Waals surface area contributed by atoms with E-state index >= 15 is 0 Å². The first kappa shape index (κ1) is 23.5. The van der Waals surface area contributed by atoms with Gasteiger partial charge in [-0.3, -0.25) is 9.35 Å². The molecule has 0 aliphatic heterocycles. The molecule has 30 heavy (non-hydrogen) atoms. The summed E-state index contributed by atoms with van der Waals surface area (Å²) in [6.07, 6.45) is 0. The van der Waals surface area contributed by atoms with Gasteiger partial charge in [-0.25, -0.2) is 0 Å². The summed E-state index contributed by atoms with van der Waals surface area (Å²) < 4.78 is 29.6. The van der Waals surface area contributed by atoms with Gasteiger partial charge < -0.3 is 5.11 Å². The van der Waals surface area contributed by atoms with Crippen molar-refractivity contribution >= 4 is 15.9 Å². The number of rotatable bonds is 5. The zero-order valence-electron chi connectivity index (χ0n) is 17.2. The van der Waals surface area contributed by atoms with E-state index in [1.54, 1.807) is 12.1 Å². The summed E-state index contributed by atoms with van der Waals surface area (Å²) in [6.45, 7) is 5.81. The van der Waals surface area contributed by atoms with Crippen molar-refractivity contribution in [2.45, 2.75) is 31.1 Å². The van der Waals surface area contributed by atoms with E-state index in [0.717, 1.165) is 11.1 Å². The molecule has 0 fully saturated rings. The molecule has 3 rings (SSSR count). The first-order valence-corrected chi connectivity index (χ1v) is 10.8. The number of hydrogen-bond donors (Lipinski definition) is 2. The van der Waals surface area contributed by atoms with Gasteiger partial charge in [-0.15, -0.1) is 0 Å². The molecule has 0 aliphatic carbocycles. The molecule has 0 amide bonds. The van der Waals surface area contributed by atoms with E-state index in [2.05, 4.69) is 0 Å². The lowest BCUT2D eigenvalue weighted by atomic mass is 9.84. The van der Waals surface area contributed by atoms with Crippen molar-refractivity contribution in [3.8, 4) is 0 Å². The summed E-state index contributed by atoms with van der Waals surface area (Å²) in [5, 5.41) is 9.41. The Kier molecular flexibility index (Phi) is 7.67. The molecule has 0 unspecified atom stereocenters. The van der Waals surface area contributed by atoms with Gasteiger partial charge in [-0.2, -0.15) is 8.42 Å². The summed E-state index contributed by atoms with van der Waals surface area (Å²) in [5.74, 6) is 0.0104. The molecule has 0 saturated heterocycles. The van der Waals surface area contributed by atoms with Crippen molar-refractivity contribution < 1.29 is 22.9 Å². The monoisotopic (exact) mass is 426 g/mol. The molecule has 2 N–H and O–H groups in total. The Bertz CT molecular complexity index is 1090. The molecule has 0 atom stereocenters. The topological polar surface area (TPSA) is 91.7 Å². The molecule has 0 radical (unpaired) electrons. The zero-order chi connectivity index (χ0) is 22.4. The molecule has 3 aromatic rings. The lowest BCUT2D eigenvalue weighted by Gasteiger charge is -2.22. The Morgan fingerprint density at radius 2 is 1.43 bits per heavy atom. The van der Waals surface area contributed by atoms with Crippen LogP contribution in [0.4, 0.5) is 0 Å². The summed E-state index contributed by atoms with van der Waals surface area (Å²) >= 11 is 0. The molecule has 158 valence electrons. The van der Waals surface area contributed by atoms with Crippen LogP contribution < -0.4 is 0 Å². The third-order valence-corrected chi connectivity index (χ3v) is 5.52. The highest BCUT2D eigenvalue weighted by Gasteiger charge is 2.20. The van der Waals surface area contributed by atoms with Gasteiger partial charge in [-0.05, 0) is 30.7 Å². The highest BCUT2D eigenvalue weighted by Crippen LogP contribution is 2.24. The Morgan fingerprint density at radius 1 is 0.867 bits per heavy atom. The summed E-state index contributed by atoms with van der Waals surface area (Å²) in [6, 6.07) is 22.7. The Hall–Kier alpha value is -2.80. The van der Waals surface area contributed by atoms with Crippen molar-refractivity contribution in [1.29, 1.82) is 0 Å². The predicted molar refractivity (Wildman–Crippen MR) is 117 cm³/mol. The molecule has 0 aromatic heterocycles. The fourth-order valence-electron chi connectivity index (χ4n) is 2.64. The van der Waals surface area contributed by atoms with E-state index in [4.69, 9.17) is 4.55 Å². The minimum absolute atomic E-state index is 0.0104. The van der Waals surface area contributed by atoms with E-state index < -0.39 is 10.1 Å². The number of aliphatic hydroxyl groups is 1. The number of aryl methyl sites for hydroxylation is 1. The second-order valence-electron chi connectivity index (χ2n) is 7.61.